The van der Waals surface area contributed by atoms with E-state index in [2.05, 4.69) is 169 Å². The highest BCUT2D eigenvalue weighted by Gasteiger charge is 2.43. The van der Waals surface area contributed by atoms with Gasteiger partial charge in [-0.15, -0.1) is 33.8 Å². The predicted octanol–water partition coefficient (Wildman–Crippen LogP) is 14.9. The van der Waals surface area contributed by atoms with Crippen LogP contribution in [0.25, 0.3) is 41.7 Å². The number of benzene rings is 3. The molecular formula is C44H58S2Si2. The molecule has 0 spiro atoms. The van der Waals surface area contributed by atoms with Crippen molar-refractivity contribution in [3.8, 4) is 22.9 Å². The SMILES string of the molecule is CC(C)[Si](C#Cc1c2cc3cc(C(C)(C)C)sc3cc2c(C#C[Si](C(C)C)(C(C)C)C(C)C)c2cc3ccsc3cc12)(C(C)C)C(C)C. The zero-order valence-electron chi connectivity index (χ0n) is 32.3. The molecule has 0 N–H and O–H groups in total. The van der Waals surface area contributed by atoms with Crippen LogP contribution < -0.4 is 0 Å². The minimum atomic E-state index is -1.97. The molecule has 3 aromatic carbocycles. The van der Waals surface area contributed by atoms with Crippen molar-refractivity contribution < 1.29 is 0 Å². The largest absolute Gasteiger partial charge is 0.146 e. The van der Waals surface area contributed by atoms with Gasteiger partial charge < -0.3 is 0 Å². The number of rotatable bonds is 6. The summed E-state index contributed by atoms with van der Waals surface area (Å²) in [4.78, 5) is 1.43. The quantitative estimate of drug-likeness (QED) is 0.0937. The Bertz CT molecular complexity index is 1920. The van der Waals surface area contributed by atoms with Crippen LogP contribution in [0.5, 0.6) is 0 Å². The summed E-state index contributed by atoms with van der Waals surface area (Å²) in [7, 11) is -3.94. The highest BCUT2D eigenvalue weighted by Crippen LogP contribution is 2.45. The molecule has 0 fully saturated rings. The van der Waals surface area contributed by atoms with Crippen molar-refractivity contribution in [1.82, 2.24) is 0 Å². The van der Waals surface area contributed by atoms with Gasteiger partial charge in [0, 0.05) is 36.2 Å². The van der Waals surface area contributed by atoms with Crippen molar-refractivity contribution in [1.29, 1.82) is 0 Å². The summed E-state index contributed by atoms with van der Waals surface area (Å²) in [5, 5.41) is 9.93. The van der Waals surface area contributed by atoms with Gasteiger partial charge in [0.15, 0.2) is 0 Å². The Kier molecular flexibility index (Phi) is 10.3. The Hall–Kier alpha value is -2.35. The van der Waals surface area contributed by atoms with Crippen LogP contribution in [0.3, 0.4) is 0 Å². The van der Waals surface area contributed by atoms with E-state index in [0.717, 1.165) is 0 Å². The van der Waals surface area contributed by atoms with Gasteiger partial charge in [-0.3, -0.25) is 0 Å². The summed E-state index contributed by atoms with van der Waals surface area (Å²) in [6.07, 6.45) is 0. The molecule has 4 heteroatoms. The average Bonchev–Trinajstić information content (AvgIpc) is 3.61. The average molecular weight is 707 g/mol. The minimum absolute atomic E-state index is 0.101. The molecule has 0 aliphatic heterocycles. The van der Waals surface area contributed by atoms with E-state index in [0.29, 0.717) is 33.2 Å². The molecule has 5 rings (SSSR count). The fourth-order valence-corrected chi connectivity index (χ4v) is 21.4. The van der Waals surface area contributed by atoms with Gasteiger partial charge in [0.25, 0.3) is 0 Å². The van der Waals surface area contributed by atoms with Crippen molar-refractivity contribution in [3.63, 3.8) is 0 Å². The molecule has 0 aliphatic rings. The van der Waals surface area contributed by atoms with E-state index in [1.54, 1.807) is 0 Å². The van der Waals surface area contributed by atoms with Crippen LogP contribution in [0.1, 0.15) is 120 Å². The Morgan fingerprint density at radius 3 is 1.33 bits per heavy atom. The summed E-state index contributed by atoms with van der Waals surface area (Å²) in [6, 6.07) is 14.5. The molecule has 48 heavy (non-hydrogen) atoms. The lowest BCUT2D eigenvalue weighted by molar-refractivity contribution is 0.604. The van der Waals surface area contributed by atoms with Crippen molar-refractivity contribution >= 4 is 80.5 Å². The summed E-state index contributed by atoms with van der Waals surface area (Å²) in [6.45, 7) is 36.0. The van der Waals surface area contributed by atoms with Crippen molar-refractivity contribution in [2.24, 2.45) is 0 Å². The molecule has 5 aromatic rings. The van der Waals surface area contributed by atoms with E-state index in [1.165, 1.54) is 57.7 Å². The molecule has 0 unspecified atom stereocenters. The maximum atomic E-state index is 4.14. The Balaban J connectivity index is 2.03. The van der Waals surface area contributed by atoms with Crippen LogP contribution in [-0.4, -0.2) is 16.1 Å². The third-order valence-corrected chi connectivity index (χ3v) is 26.6. The van der Waals surface area contributed by atoms with Gasteiger partial charge >= 0.3 is 0 Å². The summed E-state index contributed by atoms with van der Waals surface area (Å²) in [5.74, 6) is 8.02. The lowest BCUT2D eigenvalue weighted by atomic mass is 9.90. The number of fused-ring (bicyclic) bond motifs is 4. The molecular weight excluding hydrogens is 649 g/mol. The molecule has 2 heterocycles. The van der Waals surface area contributed by atoms with Crippen LogP contribution in [0, 0.1) is 22.9 Å². The maximum absolute atomic E-state index is 4.14. The standard InChI is InChI=1S/C44H58S2Si2/c1-27(2)47(28(3)4,29(5)6)20-17-35-37-22-33-16-19-45-41(33)25-39(37)36(18-21-48(30(7)8,31(9)10)32(11)12)38-23-34-24-43(44(13,14)15)46-42(34)26-40(35)38/h16,19,22-32H,1-15H3. The zero-order chi connectivity index (χ0) is 35.5. The molecule has 0 aliphatic carbocycles. The summed E-state index contributed by atoms with van der Waals surface area (Å²) < 4.78 is 2.67. The highest BCUT2D eigenvalue weighted by atomic mass is 32.1. The first kappa shape index (κ1) is 36.9. The second kappa shape index (κ2) is 13.4. The number of thiophene rings is 2. The molecule has 0 saturated carbocycles. The van der Waals surface area contributed by atoms with Crippen LogP contribution in [0.15, 0.2) is 41.8 Å². The molecule has 0 atom stereocenters. The topological polar surface area (TPSA) is 0 Å². The molecule has 0 saturated heterocycles. The van der Waals surface area contributed by atoms with E-state index < -0.39 is 16.1 Å². The third-order valence-electron chi connectivity index (χ3n) is 11.6. The van der Waals surface area contributed by atoms with Gasteiger partial charge in [0.1, 0.15) is 16.1 Å². The Morgan fingerprint density at radius 2 is 0.917 bits per heavy atom. The van der Waals surface area contributed by atoms with Gasteiger partial charge in [0.2, 0.25) is 0 Å². The fourth-order valence-electron chi connectivity index (χ4n) is 9.06. The molecule has 0 nitrogen and oxygen atoms in total. The van der Waals surface area contributed by atoms with Gasteiger partial charge in [-0.1, -0.05) is 116 Å². The first-order valence-electron chi connectivity index (χ1n) is 18.3. The lowest BCUT2D eigenvalue weighted by Gasteiger charge is -2.38. The lowest BCUT2D eigenvalue weighted by Crippen LogP contribution is -2.43. The smallest absolute Gasteiger partial charge is 0.144 e. The number of hydrogen-bond acceptors (Lipinski definition) is 2. The minimum Gasteiger partial charge on any atom is -0.144 e. The number of hydrogen-bond donors (Lipinski definition) is 0. The summed E-state index contributed by atoms with van der Waals surface area (Å²) >= 11 is 3.77. The van der Waals surface area contributed by atoms with Gasteiger partial charge in [-0.2, -0.15) is 0 Å². The van der Waals surface area contributed by atoms with Crippen LogP contribution in [-0.2, 0) is 5.41 Å². The maximum Gasteiger partial charge on any atom is 0.146 e. The molecule has 0 radical (unpaired) electrons. The first-order chi connectivity index (χ1) is 22.4. The van der Waals surface area contributed by atoms with Gasteiger partial charge in [-0.25, -0.2) is 0 Å². The van der Waals surface area contributed by atoms with Gasteiger partial charge in [-0.05, 0) is 102 Å². The van der Waals surface area contributed by atoms with E-state index in [9.17, 15) is 0 Å². The second-order valence-electron chi connectivity index (χ2n) is 17.2. The van der Waals surface area contributed by atoms with Crippen LogP contribution >= 0.6 is 22.7 Å². The van der Waals surface area contributed by atoms with Crippen molar-refractivity contribution in [2.45, 2.75) is 143 Å². The molecule has 0 bridgehead atoms. The second-order valence-corrected chi connectivity index (χ2v) is 30.4. The van der Waals surface area contributed by atoms with Crippen LogP contribution in [0.2, 0.25) is 33.2 Å². The van der Waals surface area contributed by atoms with E-state index in [4.69, 9.17) is 0 Å². The van der Waals surface area contributed by atoms with Crippen LogP contribution in [0.4, 0.5) is 0 Å². The summed E-state index contributed by atoms with van der Waals surface area (Å²) in [5.41, 5.74) is 14.3. The monoisotopic (exact) mass is 706 g/mol. The third kappa shape index (κ3) is 6.15. The molecule has 254 valence electrons. The predicted molar refractivity (Wildman–Crippen MR) is 227 cm³/mol. The van der Waals surface area contributed by atoms with E-state index in [-0.39, 0.29) is 5.41 Å². The van der Waals surface area contributed by atoms with E-state index in [1.807, 2.05) is 22.7 Å². The highest BCUT2D eigenvalue weighted by molar-refractivity contribution is 7.19. The molecule has 2 aromatic heterocycles. The van der Waals surface area contributed by atoms with Crippen molar-refractivity contribution in [2.75, 3.05) is 0 Å². The van der Waals surface area contributed by atoms with Crippen molar-refractivity contribution in [3.05, 3.63) is 57.8 Å². The molecule has 0 amide bonds. The first-order valence-corrected chi connectivity index (χ1v) is 24.4. The zero-order valence-corrected chi connectivity index (χ0v) is 36.0. The normalized spacial score (nSPS) is 13.3. The van der Waals surface area contributed by atoms with Gasteiger partial charge in [0.05, 0.1) is 0 Å². The van der Waals surface area contributed by atoms with E-state index >= 15 is 0 Å². The Labute approximate surface area is 302 Å². The fraction of sp³-hybridized carbons (Fsp3) is 0.500. The Morgan fingerprint density at radius 1 is 0.521 bits per heavy atom.